The number of amides is 1. The summed E-state index contributed by atoms with van der Waals surface area (Å²) in [4.78, 5) is 34.9. The molecule has 0 radical (unpaired) electrons. The summed E-state index contributed by atoms with van der Waals surface area (Å²) in [5, 5.41) is 20.6. The molecule has 0 aliphatic carbocycles. The van der Waals surface area contributed by atoms with Gasteiger partial charge in [-0.25, -0.2) is 4.79 Å². The first-order valence-corrected chi connectivity index (χ1v) is 11.5. The van der Waals surface area contributed by atoms with Crippen LogP contribution in [0.15, 0.2) is 52.9 Å². The van der Waals surface area contributed by atoms with E-state index in [1.807, 2.05) is 0 Å². The number of carbonyl (C=O) groups excluding carboxylic acids is 2. The van der Waals surface area contributed by atoms with Gasteiger partial charge >= 0.3 is 11.9 Å². The van der Waals surface area contributed by atoms with Gasteiger partial charge in [-0.05, 0) is 53.9 Å². The highest BCUT2D eigenvalue weighted by molar-refractivity contribution is 5.99. The van der Waals surface area contributed by atoms with Gasteiger partial charge in [0.25, 0.3) is 0 Å². The number of furan rings is 1. The Morgan fingerprint density at radius 2 is 1.58 bits per heavy atom. The lowest BCUT2D eigenvalue weighted by atomic mass is 10.1. The predicted octanol–water partition coefficient (Wildman–Crippen LogP) is 4.79. The number of amidine groups is 1. The van der Waals surface area contributed by atoms with Gasteiger partial charge in [0, 0.05) is 18.4 Å². The number of nitrogen functional groups attached to an aromatic ring is 1. The Morgan fingerprint density at radius 1 is 0.917 bits per heavy atom. The van der Waals surface area contributed by atoms with Crippen LogP contribution in [-0.4, -0.2) is 28.8 Å². The standard InChI is InChI=1S/C26H29N3O6.ClH/c27-25(28)19-9-8-18-15-20(11-10-17(18)14-19)35-26(33)22-13-12-21(34-22)16-29-23(30)6-4-2-1-3-5-7-24(31)32;/h8-15H,1-7,16H2,(H3,27,28)(H,29,30)(H,31,32);1H. The number of aliphatic carboxylic acids is 1. The zero-order valence-corrected chi connectivity index (χ0v) is 20.6. The molecule has 1 amide bonds. The molecule has 0 saturated heterocycles. The first-order valence-electron chi connectivity index (χ1n) is 11.5. The Labute approximate surface area is 214 Å². The van der Waals surface area contributed by atoms with Gasteiger partial charge in [0.2, 0.25) is 11.7 Å². The summed E-state index contributed by atoms with van der Waals surface area (Å²) in [7, 11) is 0. The second-order valence-corrected chi connectivity index (χ2v) is 8.23. The van der Waals surface area contributed by atoms with Gasteiger partial charge < -0.3 is 25.3 Å². The number of carboxylic acids is 1. The lowest BCUT2D eigenvalue weighted by Crippen LogP contribution is -2.22. The van der Waals surface area contributed by atoms with Crippen LogP contribution in [0.2, 0.25) is 0 Å². The first kappa shape index (κ1) is 28.4. The molecule has 0 spiro atoms. The number of hydrogen-bond donors (Lipinski definition) is 4. The van der Waals surface area contributed by atoms with Crippen LogP contribution in [-0.2, 0) is 16.1 Å². The molecule has 192 valence electrons. The fourth-order valence-corrected chi connectivity index (χ4v) is 3.56. The second kappa shape index (κ2) is 13.9. The van der Waals surface area contributed by atoms with E-state index in [9.17, 15) is 14.4 Å². The Morgan fingerprint density at radius 3 is 2.31 bits per heavy atom. The first-order chi connectivity index (χ1) is 16.8. The monoisotopic (exact) mass is 515 g/mol. The van der Waals surface area contributed by atoms with Crippen molar-refractivity contribution in [3.8, 4) is 5.75 Å². The number of benzene rings is 2. The second-order valence-electron chi connectivity index (χ2n) is 8.23. The molecule has 0 fully saturated rings. The molecule has 10 heteroatoms. The summed E-state index contributed by atoms with van der Waals surface area (Å²) in [5.41, 5.74) is 6.14. The minimum atomic E-state index is -0.780. The average Bonchev–Trinajstić information content (AvgIpc) is 3.31. The van der Waals surface area contributed by atoms with E-state index in [0.29, 0.717) is 29.9 Å². The summed E-state index contributed by atoms with van der Waals surface area (Å²) in [6.07, 6.45) is 4.58. The van der Waals surface area contributed by atoms with E-state index in [2.05, 4.69) is 5.32 Å². The van der Waals surface area contributed by atoms with Crippen molar-refractivity contribution in [2.45, 2.75) is 51.5 Å². The molecule has 0 atom stereocenters. The van der Waals surface area contributed by atoms with Crippen molar-refractivity contribution < 1.29 is 28.6 Å². The highest BCUT2D eigenvalue weighted by Gasteiger charge is 2.15. The smallest absolute Gasteiger partial charge is 0.379 e. The van der Waals surface area contributed by atoms with E-state index in [-0.39, 0.29) is 42.9 Å². The number of carbonyl (C=O) groups is 3. The number of fused-ring (bicyclic) bond motifs is 1. The van der Waals surface area contributed by atoms with Crippen LogP contribution in [0.25, 0.3) is 10.8 Å². The maximum atomic E-state index is 12.5. The fraction of sp³-hybridized carbons (Fsp3) is 0.308. The Bertz CT molecular complexity index is 1220. The Kier molecular flexibility index (Phi) is 11.0. The molecule has 3 aromatic rings. The van der Waals surface area contributed by atoms with Crippen LogP contribution in [0, 0.1) is 5.41 Å². The van der Waals surface area contributed by atoms with Crippen LogP contribution < -0.4 is 15.8 Å². The predicted molar refractivity (Wildman–Crippen MR) is 138 cm³/mol. The van der Waals surface area contributed by atoms with Gasteiger partial charge in [0.05, 0.1) is 6.54 Å². The molecule has 9 nitrogen and oxygen atoms in total. The van der Waals surface area contributed by atoms with Crippen molar-refractivity contribution in [3.05, 3.63) is 65.6 Å². The van der Waals surface area contributed by atoms with E-state index in [1.165, 1.54) is 6.07 Å². The molecule has 1 heterocycles. The zero-order valence-electron chi connectivity index (χ0n) is 19.7. The number of nitrogens with two attached hydrogens (primary N) is 1. The largest absolute Gasteiger partial charge is 0.481 e. The zero-order chi connectivity index (χ0) is 25.2. The van der Waals surface area contributed by atoms with Crippen molar-refractivity contribution in [1.82, 2.24) is 5.32 Å². The van der Waals surface area contributed by atoms with E-state index in [0.717, 1.165) is 36.5 Å². The van der Waals surface area contributed by atoms with Gasteiger partial charge in [-0.3, -0.25) is 15.0 Å². The summed E-state index contributed by atoms with van der Waals surface area (Å²) in [6.45, 7) is 0.166. The maximum absolute atomic E-state index is 12.5. The fourth-order valence-electron chi connectivity index (χ4n) is 3.56. The molecule has 5 N–H and O–H groups in total. The molecule has 0 unspecified atom stereocenters. The topological polar surface area (TPSA) is 156 Å². The molecule has 3 rings (SSSR count). The Balaban J connectivity index is 0.00000456. The van der Waals surface area contributed by atoms with E-state index in [4.69, 9.17) is 25.4 Å². The van der Waals surface area contributed by atoms with Crippen molar-refractivity contribution in [2.24, 2.45) is 5.73 Å². The molecule has 1 aromatic heterocycles. The number of halogens is 1. The van der Waals surface area contributed by atoms with Crippen molar-refractivity contribution >= 4 is 46.9 Å². The molecule has 0 aliphatic heterocycles. The quantitative estimate of drug-likeness (QED) is 0.0837. The molecule has 36 heavy (non-hydrogen) atoms. The van der Waals surface area contributed by atoms with E-state index in [1.54, 1.807) is 42.5 Å². The van der Waals surface area contributed by atoms with Gasteiger partial charge in [-0.1, -0.05) is 37.5 Å². The molecule has 0 bridgehead atoms. The van der Waals surface area contributed by atoms with Crippen molar-refractivity contribution in [2.75, 3.05) is 0 Å². The molecule has 0 aliphatic rings. The normalized spacial score (nSPS) is 10.4. The molecule has 0 saturated carbocycles. The van der Waals surface area contributed by atoms with Crippen LogP contribution in [0.3, 0.4) is 0 Å². The molecular formula is C26H30ClN3O6. The SMILES string of the molecule is Cl.N=C(N)c1ccc2cc(OC(=O)c3ccc(CNC(=O)CCCCCCCC(=O)O)o3)ccc2c1. The summed E-state index contributed by atoms with van der Waals surface area (Å²) < 4.78 is 10.9. The minimum Gasteiger partial charge on any atom is -0.481 e. The number of ether oxygens (including phenoxy) is 1. The highest BCUT2D eigenvalue weighted by atomic mass is 35.5. The highest BCUT2D eigenvalue weighted by Crippen LogP contribution is 2.23. The van der Waals surface area contributed by atoms with Crippen molar-refractivity contribution in [1.29, 1.82) is 5.41 Å². The minimum absolute atomic E-state index is 0. The molecular weight excluding hydrogens is 486 g/mol. The Hall–Kier alpha value is -3.85. The average molecular weight is 516 g/mol. The number of nitrogens with one attached hydrogen (secondary N) is 2. The number of esters is 1. The number of carboxylic acid groups (broad SMARTS) is 1. The number of hydrogen-bond acceptors (Lipinski definition) is 6. The third kappa shape index (κ3) is 8.74. The van der Waals surface area contributed by atoms with Crippen LogP contribution in [0.5, 0.6) is 5.75 Å². The van der Waals surface area contributed by atoms with Crippen molar-refractivity contribution in [3.63, 3.8) is 0 Å². The van der Waals surface area contributed by atoms with E-state index < -0.39 is 11.9 Å². The van der Waals surface area contributed by atoms with Gasteiger partial charge in [-0.15, -0.1) is 12.4 Å². The van der Waals surface area contributed by atoms with E-state index >= 15 is 0 Å². The van der Waals surface area contributed by atoms with Crippen LogP contribution >= 0.6 is 12.4 Å². The summed E-state index contributed by atoms with van der Waals surface area (Å²) in [6, 6.07) is 13.6. The maximum Gasteiger partial charge on any atom is 0.379 e. The third-order valence-electron chi connectivity index (χ3n) is 5.45. The summed E-state index contributed by atoms with van der Waals surface area (Å²) >= 11 is 0. The number of unbranched alkanes of at least 4 members (excludes halogenated alkanes) is 4. The van der Waals surface area contributed by atoms with Gasteiger partial charge in [0.1, 0.15) is 17.3 Å². The summed E-state index contributed by atoms with van der Waals surface area (Å²) in [5.74, 6) is -0.732. The number of rotatable bonds is 13. The van der Waals surface area contributed by atoms with Crippen LogP contribution in [0.4, 0.5) is 0 Å². The third-order valence-corrected chi connectivity index (χ3v) is 5.45. The lowest BCUT2D eigenvalue weighted by molar-refractivity contribution is -0.137. The van der Waals surface area contributed by atoms with Gasteiger partial charge in [0.15, 0.2) is 0 Å². The van der Waals surface area contributed by atoms with Gasteiger partial charge in [-0.2, -0.15) is 0 Å². The van der Waals surface area contributed by atoms with Crippen LogP contribution in [0.1, 0.15) is 66.8 Å². The lowest BCUT2D eigenvalue weighted by Gasteiger charge is -2.06. The molecule has 2 aromatic carbocycles.